The molecule has 1 N–H and O–H groups in total. The number of ketones is 1. The van der Waals surface area contributed by atoms with Crippen LogP contribution in [0.15, 0.2) is 84.6 Å². The lowest BCUT2D eigenvalue weighted by molar-refractivity contribution is 0.103. The van der Waals surface area contributed by atoms with E-state index in [2.05, 4.69) is 0 Å². The van der Waals surface area contributed by atoms with Crippen molar-refractivity contribution in [1.82, 2.24) is 0 Å². The molecule has 0 aliphatic rings. The van der Waals surface area contributed by atoms with E-state index in [1.807, 2.05) is 67.6 Å². The molecule has 0 aliphatic carbocycles. The minimum absolute atomic E-state index is 0.0449. The minimum atomic E-state index is -0.303. The number of carbonyl (C=O) groups excluding carboxylic acids is 1. The Morgan fingerprint density at radius 3 is 1.90 bits per heavy atom. The van der Waals surface area contributed by atoms with Gasteiger partial charge in [-0.2, -0.15) is 0 Å². The summed E-state index contributed by atoms with van der Waals surface area (Å²) in [5.41, 5.74) is 3.37. The molecular formula is C26H26O4. The van der Waals surface area contributed by atoms with Gasteiger partial charge in [0.1, 0.15) is 24.7 Å². The topological polar surface area (TPSA) is 55.8 Å². The van der Waals surface area contributed by atoms with Gasteiger partial charge in [0.15, 0.2) is 5.78 Å². The molecule has 0 saturated carbocycles. The number of aliphatic hydroxyl groups excluding tert-OH is 1. The number of aryl methyl sites for hydroxylation is 1. The Kier molecular flexibility index (Phi) is 7.28. The lowest BCUT2D eigenvalue weighted by Gasteiger charge is -2.16. The number of rotatable bonds is 9. The summed E-state index contributed by atoms with van der Waals surface area (Å²) in [6, 6.07) is 23.2. The highest BCUT2D eigenvalue weighted by atomic mass is 16.5. The molecule has 0 heterocycles. The Hall–Kier alpha value is -3.53. The molecule has 4 heteroatoms. The highest BCUT2D eigenvalue weighted by Crippen LogP contribution is 2.32. The number of aliphatic hydroxyl groups is 1. The summed E-state index contributed by atoms with van der Waals surface area (Å²) < 4.78 is 12.1. The maximum absolute atomic E-state index is 12.7. The van der Waals surface area contributed by atoms with Crippen LogP contribution in [-0.2, 0) is 19.6 Å². The van der Waals surface area contributed by atoms with Gasteiger partial charge in [-0.25, -0.2) is 0 Å². The molecule has 154 valence electrons. The van der Waals surface area contributed by atoms with Gasteiger partial charge in [0.25, 0.3) is 0 Å². The van der Waals surface area contributed by atoms with Crippen LogP contribution in [0.25, 0.3) is 0 Å². The molecule has 0 fully saturated rings. The van der Waals surface area contributed by atoms with Crippen molar-refractivity contribution in [3.8, 4) is 11.5 Å². The SMILES string of the molecule is CCc1cc(C(=O)/C=C(/C)O)c(OCc2ccccc2)cc1OCc1ccccc1. The van der Waals surface area contributed by atoms with Gasteiger partial charge in [-0.15, -0.1) is 0 Å². The van der Waals surface area contributed by atoms with Crippen molar-refractivity contribution in [3.05, 3.63) is 107 Å². The molecule has 0 atom stereocenters. The van der Waals surface area contributed by atoms with Crippen LogP contribution in [0, 0.1) is 0 Å². The van der Waals surface area contributed by atoms with Crippen LogP contribution in [0.5, 0.6) is 11.5 Å². The summed E-state index contributed by atoms with van der Waals surface area (Å²) in [5.74, 6) is 0.770. The van der Waals surface area contributed by atoms with Gasteiger partial charge in [0, 0.05) is 12.1 Å². The van der Waals surface area contributed by atoms with E-state index in [1.165, 1.54) is 13.0 Å². The summed E-state index contributed by atoms with van der Waals surface area (Å²) in [6.07, 6.45) is 1.90. The van der Waals surface area contributed by atoms with E-state index in [9.17, 15) is 9.90 Å². The Bertz CT molecular complexity index is 1000. The van der Waals surface area contributed by atoms with E-state index >= 15 is 0 Å². The van der Waals surface area contributed by atoms with Gasteiger partial charge in [0.05, 0.1) is 11.3 Å². The molecule has 3 aromatic rings. The Balaban J connectivity index is 1.92. The third kappa shape index (κ3) is 5.74. The van der Waals surface area contributed by atoms with E-state index in [1.54, 1.807) is 12.1 Å². The lowest BCUT2D eigenvalue weighted by Crippen LogP contribution is -2.06. The number of ether oxygens (including phenoxy) is 2. The van der Waals surface area contributed by atoms with Gasteiger partial charge in [0.2, 0.25) is 0 Å². The summed E-state index contributed by atoms with van der Waals surface area (Å²) in [4.78, 5) is 12.7. The molecule has 0 radical (unpaired) electrons. The first-order chi connectivity index (χ1) is 14.6. The molecule has 0 spiro atoms. The smallest absolute Gasteiger partial charge is 0.192 e. The van der Waals surface area contributed by atoms with E-state index < -0.39 is 0 Å². The van der Waals surface area contributed by atoms with Gasteiger partial charge >= 0.3 is 0 Å². The first-order valence-electron chi connectivity index (χ1n) is 9.98. The number of hydrogen-bond acceptors (Lipinski definition) is 4. The largest absolute Gasteiger partial charge is 0.512 e. The molecule has 0 amide bonds. The van der Waals surface area contributed by atoms with Crippen molar-refractivity contribution in [1.29, 1.82) is 0 Å². The predicted molar refractivity (Wildman–Crippen MR) is 118 cm³/mol. The van der Waals surface area contributed by atoms with Crippen molar-refractivity contribution in [3.63, 3.8) is 0 Å². The summed E-state index contributed by atoms with van der Waals surface area (Å²) in [6.45, 7) is 4.23. The molecule has 3 rings (SSSR count). The maximum Gasteiger partial charge on any atom is 0.192 e. The zero-order valence-corrected chi connectivity index (χ0v) is 17.3. The van der Waals surface area contributed by atoms with Crippen LogP contribution in [0.1, 0.15) is 40.9 Å². The second kappa shape index (κ2) is 10.3. The third-order valence-corrected chi connectivity index (χ3v) is 4.62. The van der Waals surface area contributed by atoms with Crippen molar-refractivity contribution >= 4 is 5.78 Å². The lowest BCUT2D eigenvalue weighted by atomic mass is 10.0. The van der Waals surface area contributed by atoms with Gasteiger partial charge in [-0.05, 0) is 36.1 Å². The zero-order chi connectivity index (χ0) is 21.3. The fraction of sp³-hybridized carbons (Fsp3) is 0.192. The van der Waals surface area contributed by atoms with Crippen LogP contribution in [-0.4, -0.2) is 10.9 Å². The molecule has 30 heavy (non-hydrogen) atoms. The normalized spacial score (nSPS) is 11.2. The van der Waals surface area contributed by atoms with Crippen molar-refractivity contribution in [2.45, 2.75) is 33.5 Å². The van der Waals surface area contributed by atoms with Crippen LogP contribution in [0.2, 0.25) is 0 Å². The second-order valence-electron chi connectivity index (χ2n) is 7.01. The number of allylic oxidation sites excluding steroid dienone is 2. The monoisotopic (exact) mass is 402 g/mol. The molecule has 0 aliphatic heterocycles. The first-order valence-corrected chi connectivity index (χ1v) is 9.98. The number of benzene rings is 3. The van der Waals surface area contributed by atoms with Gasteiger partial charge in [-0.3, -0.25) is 4.79 Å². The molecular weight excluding hydrogens is 376 g/mol. The summed E-state index contributed by atoms with van der Waals surface area (Å²) in [5, 5.41) is 9.55. The zero-order valence-electron chi connectivity index (χ0n) is 17.3. The second-order valence-corrected chi connectivity index (χ2v) is 7.01. The fourth-order valence-electron chi connectivity index (χ4n) is 3.07. The fourth-order valence-corrected chi connectivity index (χ4v) is 3.07. The van der Waals surface area contributed by atoms with E-state index in [4.69, 9.17) is 9.47 Å². The Morgan fingerprint density at radius 2 is 1.40 bits per heavy atom. The average molecular weight is 402 g/mol. The van der Waals surface area contributed by atoms with Crippen molar-refractivity contribution in [2.75, 3.05) is 0 Å². The maximum atomic E-state index is 12.7. The highest BCUT2D eigenvalue weighted by Gasteiger charge is 2.17. The highest BCUT2D eigenvalue weighted by molar-refractivity contribution is 6.07. The molecule has 3 aromatic carbocycles. The third-order valence-electron chi connectivity index (χ3n) is 4.62. The Labute approximate surface area is 177 Å². The van der Waals surface area contributed by atoms with Crippen LogP contribution in [0.3, 0.4) is 0 Å². The van der Waals surface area contributed by atoms with Crippen molar-refractivity contribution in [2.24, 2.45) is 0 Å². The average Bonchev–Trinajstić information content (AvgIpc) is 2.77. The van der Waals surface area contributed by atoms with Crippen molar-refractivity contribution < 1.29 is 19.4 Å². The predicted octanol–water partition coefficient (Wildman–Crippen LogP) is 6.05. The van der Waals surface area contributed by atoms with Gasteiger partial charge in [-0.1, -0.05) is 67.6 Å². The van der Waals surface area contributed by atoms with Crippen LogP contribution < -0.4 is 9.47 Å². The summed E-state index contributed by atoms with van der Waals surface area (Å²) in [7, 11) is 0. The first kappa shape index (κ1) is 21.2. The molecule has 0 unspecified atom stereocenters. The van der Waals surface area contributed by atoms with Gasteiger partial charge < -0.3 is 14.6 Å². The number of carbonyl (C=O) groups is 1. The molecule has 0 bridgehead atoms. The van der Waals surface area contributed by atoms with E-state index in [-0.39, 0.29) is 11.5 Å². The quantitative estimate of drug-likeness (QED) is 0.269. The molecule has 4 nitrogen and oxygen atoms in total. The molecule has 0 saturated heterocycles. The molecule has 0 aromatic heterocycles. The number of hydrogen-bond donors (Lipinski definition) is 1. The summed E-state index contributed by atoms with van der Waals surface area (Å²) >= 11 is 0. The van der Waals surface area contributed by atoms with E-state index in [0.717, 1.165) is 16.7 Å². The van der Waals surface area contributed by atoms with Crippen LogP contribution >= 0.6 is 0 Å². The standard InChI is InChI=1S/C26H26O4/c1-3-22-15-23(24(28)14-19(2)27)26(30-18-21-12-8-5-9-13-21)16-25(22)29-17-20-10-6-4-7-11-20/h4-16,27H,3,17-18H2,1-2H3/b19-14-. The van der Waals surface area contributed by atoms with E-state index in [0.29, 0.717) is 36.7 Å². The van der Waals surface area contributed by atoms with Crippen LogP contribution in [0.4, 0.5) is 0 Å². The Morgan fingerprint density at radius 1 is 0.867 bits per heavy atom. The minimum Gasteiger partial charge on any atom is -0.512 e.